The summed E-state index contributed by atoms with van der Waals surface area (Å²) in [5.41, 5.74) is 1.10. The fourth-order valence-electron chi connectivity index (χ4n) is 2.73. The molecule has 126 valence electrons. The van der Waals surface area contributed by atoms with Gasteiger partial charge >= 0.3 is 0 Å². The summed E-state index contributed by atoms with van der Waals surface area (Å²) in [5, 5.41) is 1.15. The zero-order valence-electron chi connectivity index (χ0n) is 13.8. The largest absolute Gasteiger partial charge is 0.492 e. The maximum atomic E-state index is 12.6. The van der Waals surface area contributed by atoms with E-state index in [9.17, 15) is 4.79 Å². The van der Waals surface area contributed by atoms with Crippen molar-refractivity contribution in [1.29, 1.82) is 0 Å². The van der Waals surface area contributed by atoms with Gasteiger partial charge in [-0.25, -0.2) is 0 Å². The van der Waals surface area contributed by atoms with Crippen LogP contribution >= 0.6 is 15.9 Å². The van der Waals surface area contributed by atoms with Gasteiger partial charge in [-0.05, 0) is 43.4 Å². The molecule has 2 aromatic carbocycles. The van der Waals surface area contributed by atoms with Crippen LogP contribution < -0.4 is 10.2 Å². The van der Waals surface area contributed by atoms with Gasteiger partial charge in [-0.15, -0.1) is 0 Å². The van der Waals surface area contributed by atoms with Crippen molar-refractivity contribution < 1.29 is 9.15 Å². The van der Waals surface area contributed by atoms with Crippen LogP contribution in [-0.4, -0.2) is 31.1 Å². The second kappa shape index (κ2) is 7.36. The average molecular weight is 390 g/mol. The Morgan fingerprint density at radius 2 is 1.71 bits per heavy atom. The first-order valence-electron chi connectivity index (χ1n) is 8.13. The topological polar surface area (TPSA) is 42.7 Å². The standard InChI is InChI=1S/C19H20BrNO3/c1-3-21(4-2)9-10-23-14-6-8-16-18(12-14)24-17-11-13(20)5-7-15(17)19(16)22/h5-8,11-12H,3-4,9-10H2,1-2H3. The Labute approximate surface area is 149 Å². The fourth-order valence-corrected chi connectivity index (χ4v) is 3.07. The summed E-state index contributed by atoms with van der Waals surface area (Å²) in [6.07, 6.45) is 0. The van der Waals surface area contributed by atoms with Crippen molar-refractivity contribution in [2.24, 2.45) is 0 Å². The molecular formula is C19H20BrNO3. The average Bonchev–Trinajstić information content (AvgIpc) is 2.58. The molecule has 0 aliphatic rings. The van der Waals surface area contributed by atoms with E-state index in [-0.39, 0.29) is 5.43 Å². The lowest BCUT2D eigenvalue weighted by molar-refractivity contribution is 0.223. The molecule has 0 saturated carbocycles. The molecule has 0 bridgehead atoms. The van der Waals surface area contributed by atoms with Crippen molar-refractivity contribution in [1.82, 2.24) is 4.90 Å². The summed E-state index contributed by atoms with van der Waals surface area (Å²) in [6, 6.07) is 10.8. The molecule has 0 amide bonds. The van der Waals surface area contributed by atoms with Gasteiger partial charge in [-0.1, -0.05) is 29.8 Å². The predicted molar refractivity (Wildman–Crippen MR) is 101 cm³/mol. The van der Waals surface area contributed by atoms with Crippen LogP contribution in [0.1, 0.15) is 13.8 Å². The van der Waals surface area contributed by atoms with Crippen LogP contribution in [0.5, 0.6) is 5.75 Å². The number of fused-ring (bicyclic) bond motifs is 2. The van der Waals surface area contributed by atoms with Crippen molar-refractivity contribution in [3.63, 3.8) is 0 Å². The Morgan fingerprint density at radius 3 is 2.42 bits per heavy atom. The summed E-state index contributed by atoms with van der Waals surface area (Å²) in [4.78, 5) is 14.9. The Morgan fingerprint density at radius 1 is 1.04 bits per heavy atom. The second-order valence-electron chi connectivity index (χ2n) is 5.60. The third-order valence-corrected chi connectivity index (χ3v) is 4.67. The van der Waals surface area contributed by atoms with Gasteiger partial charge in [0.25, 0.3) is 0 Å². The van der Waals surface area contributed by atoms with Gasteiger partial charge in [0.15, 0.2) is 0 Å². The monoisotopic (exact) mass is 389 g/mol. The smallest absolute Gasteiger partial charge is 0.200 e. The highest BCUT2D eigenvalue weighted by Crippen LogP contribution is 2.24. The minimum Gasteiger partial charge on any atom is -0.492 e. The normalized spacial score (nSPS) is 11.5. The molecule has 0 N–H and O–H groups in total. The predicted octanol–water partition coefficient (Wildman–Crippen LogP) is 4.43. The van der Waals surface area contributed by atoms with Crippen LogP contribution in [0.2, 0.25) is 0 Å². The van der Waals surface area contributed by atoms with E-state index in [4.69, 9.17) is 9.15 Å². The quantitative estimate of drug-likeness (QED) is 0.584. The third kappa shape index (κ3) is 3.47. The number of nitrogens with zero attached hydrogens (tertiary/aromatic N) is 1. The first kappa shape index (κ1) is 17.0. The van der Waals surface area contributed by atoms with E-state index in [1.54, 1.807) is 18.2 Å². The number of likely N-dealkylation sites (N-methyl/N-ethyl adjacent to an activating group) is 1. The van der Waals surface area contributed by atoms with Crippen molar-refractivity contribution in [2.45, 2.75) is 13.8 Å². The maximum absolute atomic E-state index is 12.6. The van der Waals surface area contributed by atoms with E-state index in [0.717, 1.165) is 24.1 Å². The lowest BCUT2D eigenvalue weighted by Crippen LogP contribution is -2.27. The van der Waals surface area contributed by atoms with Gasteiger partial charge in [0, 0.05) is 17.1 Å². The SMILES string of the molecule is CCN(CC)CCOc1ccc2c(=O)c3ccc(Br)cc3oc2c1. The number of ether oxygens (including phenoxy) is 1. The molecule has 0 radical (unpaired) electrons. The summed E-state index contributed by atoms with van der Waals surface area (Å²) in [5.74, 6) is 0.715. The van der Waals surface area contributed by atoms with Gasteiger partial charge in [-0.2, -0.15) is 0 Å². The third-order valence-electron chi connectivity index (χ3n) is 4.18. The number of hydrogen-bond acceptors (Lipinski definition) is 4. The minimum absolute atomic E-state index is 0.0200. The van der Waals surface area contributed by atoms with Gasteiger partial charge in [0.2, 0.25) is 5.43 Å². The Hall–Kier alpha value is -1.85. The Bertz CT molecular complexity index is 916. The van der Waals surface area contributed by atoms with Crippen LogP contribution in [0.25, 0.3) is 21.9 Å². The van der Waals surface area contributed by atoms with Crippen molar-refractivity contribution in [3.8, 4) is 5.75 Å². The van der Waals surface area contributed by atoms with E-state index in [2.05, 4.69) is 34.7 Å². The van der Waals surface area contributed by atoms with Crippen LogP contribution in [0.4, 0.5) is 0 Å². The number of halogens is 1. The molecule has 3 aromatic rings. The Kier molecular flexibility index (Phi) is 5.21. The highest BCUT2D eigenvalue weighted by atomic mass is 79.9. The summed E-state index contributed by atoms with van der Waals surface area (Å²) in [6.45, 7) is 7.77. The summed E-state index contributed by atoms with van der Waals surface area (Å²) < 4.78 is 12.6. The molecule has 24 heavy (non-hydrogen) atoms. The fraction of sp³-hybridized carbons (Fsp3) is 0.316. The molecule has 0 aliphatic heterocycles. The highest BCUT2D eigenvalue weighted by molar-refractivity contribution is 9.10. The van der Waals surface area contributed by atoms with Crippen LogP contribution in [0.15, 0.2) is 50.1 Å². The lowest BCUT2D eigenvalue weighted by atomic mass is 10.1. The molecular weight excluding hydrogens is 370 g/mol. The molecule has 0 spiro atoms. The van der Waals surface area contributed by atoms with Crippen molar-refractivity contribution in [2.75, 3.05) is 26.2 Å². The van der Waals surface area contributed by atoms with Crippen LogP contribution in [-0.2, 0) is 0 Å². The van der Waals surface area contributed by atoms with E-state index < -0.39 is 0 Å². The Balaban J connectivity index is 1.90. The number of rotatable bonds is 6. The number of hydrogen-bond donors (Lipinski definition) is 0. The van der Waals surface area contributed by atoms with E-state index in [1.165, 1.54) is 0 Å². The molecule has 3 rings (SSSR count). The molecule has 1 aromatic heterocycles. The first-order chi connectivity index (χ1) is 11.6. The van der Waals surface area contributed by atoms with E-state index >= 15 is 0 Å². The summed E-state index contributed by atoms with van der Waals surface area (Å²) in [7, 11) is 0. The lowest BCUT2D eigenvalue weighted by Gasteiger charge is -2.18. The van der Waals surface area contributed by atoms with E-state index in [1.807, 2.05) is 18.2 Å². The van der Waals surface area contributed by atoms with Crippen LogP contribution in [0.3, 0.4) is 0 Å². The molecule has 5 heteroatoms. The molecule has 0 fully saturated rings. The molecule has 0 atom stereocenters. The molecule has 0 aliphatic carbocycles. The van der Waals surface area contributed by atoms with Gasteiger partial charge in [0.05, 0.1) is 10.8 Å². The van der Waals surface area contributed by atoms with Gasteiger partial charge in [-0.3, -0.25) is 4.79 Å². The highest BCUT2D eigenvalue weighted by Gasteiger charge is 2.09. The molecule has 0 saturated heterocycles. The minimum atomic E-state index is -0.0200. The molecule has 1 heterocycles. The summed E-state index contributed by atoms with van der Waals surface area (Å²) >= 11 is 3.41. The van der Waals surface area contributed by atoms with E-state index in [0.29, 0.717) is 34.3 Å². The second-order valence-corrected chi connectivity index (χ2v) is 6.52. The first-order valence-corrected chi connectivity index (χ1v) is 8.93. The molecule has 4 nitrogen and oxygen atoms in total. The molecule has 0 unspecified atom stereocenters. The van der Waals surface area contributed by atoms with Crippen LogP contribution in [0, 0.1) is 0 Å². The number of benzene rings is 2. The van der Waals surface area contributed by atoms with Gasteiger partial charge < -0.3 is 14.1 Å². The maximum Gasteiger partial charge on any atom is 0.200 e. The van der Waals surface area contributed by atoms with Crippen molar-refractivity contribution >= 4 is 37.9 Å². The zero-order valence-corrected chi connectivity index (χ0v) is 15.4. The van der Waals surface area contributed by atoms with Crippen molar-refractivity contribution in [3.05, 3.63) is 51.1 Å². The zero-order chi connectivity index (χ0) is 17.1. The van der Waals surface area contributed by atoms with Gasteiger partial charge in [0.1, 0.15) is 23.5 Å².